The third-order valence-corrected chi connectivity index (χ3v) is 9.90. The molecule has 0 aliphatic carbocycles. The van der Waals surface area contributed by atoms with E-state index in [-0.39, 0.29) is 25.7 Å². The molecule has 0 radical (unpaired) electrons. The Bertz CT molecular complexity index is 1230. The molecule has 326 valence electrons. The van der Waals surface area contributed by atoms with Gasteiger partial charge in [0, 0.05) is 12.8 Å². The van der Waals surface area contributed by atoms with Crippen molar-refractivity contribution in [1.29, 1.82) is 0 Å². The molecule has 56 heavy (non-hydrogen) atoms. The summed E-state index contributed by atoms with van der Waals surface area (Å²) >= 11 is 0. The Morgan fingerprint density at radius 2 is 1.16 bits per heavy atom. The van der Waals surface area contributed by atoms with E-state index in [2.05, 4.69) is 29.8 Å². The maximum Gasteiger partial charge on any atom is 0.472 e. The van der Waals surface area contributed by atoms with E-state index < -0.39 is 78.4 Å². The van der Waals surface area contributed by atoms with Crippen molar-refractivity contribution < 1.29 is 71.8 Å². The van der Waals surface area contributed by atoms with Crippen LogP contribution in [0.5, 0.6) is 0 Å². The summed E-state index contributed by atoms with van der Waals surface area (Å²) in [6.45, 7) is 3.61. The molecule has 0 aliphatic heterocycles. The lowest BCUT2D eigenvalue weighted by molar-refractivity contribution is -0.161. The molecule has 0 saturated heterocycles. The van der Waals surface area contributed by atoms with Crippen LogP contribution in [0.15, 0.2) is 48.6 Å². The van der Waals surface area contributed by atoms with Gasteiger partial charge in [0.25, 0.3) is 0 Å². The Kier molecular flexibility index (Phi) is 32.7. The standard InChI is InChI=1S/C39H70O15P2/c1-4-6-16-23-34(40)24-18-13-8-7-9-14-19-25-35(41)26-21-28-39(44)54-37(32-53-56(48,49)52-30-36(42)29-51-55(45,46)47)31-50-38(43)27-20-15-11-10-12-17-22-33(3)5-2/h8-9,13-14,18-19,24-25,33-37,40-42H,4-7,10-12,15-17,20-23,26-32H2,1-3H3,(H,48,49)(H2,45,46,47)/b13-8-,14-9-,24-18+,25-19+/t33?,34-,35-,36+,37-/m1/s1. The number of hydrogen-bond acceptors (Lipinski definition) is 12. The van der Waals surface area contributed by atoms with Crippen LogP contribution in [-0.4, -0.2) is 92.8 Å². The molecule has 0 aromatic carbocycles. The Hall–Kier alpha value is -2.00. The molecule has 2 unspecified atom stereocenters. The van der Waals surface area contributed by atoms with Gasteiger partial charge in [0.05, 0.1) is 32.0 Å². The lowest BCUT2D eigenvalue weighted by Crippen LogP contribution is -2.30. The second kappa shape index (κ2) is 33.9. The third-order valence-electron chi connectivity index (χ3n) is 8.46. The highest BCUT2D eigenvalue weighted by atomic mass is 31.2. The second-order valence-electron chi connectivity index (χ2n) is 13.9. The minimum Gasteiger partial charge on any atom is -0.462 e. The van der Waals surface area contributed by atoms with Crippen molar-refractivity contribution in [3.63, 3.8) is 0 Å². The molecule has 15 nitrogen and oxygen atoms in total. The van der Waals surface area contributed by atoms with Crippen LogP contribution in [0, 0.1) is 5.92 Å². The van der Waals surface area contributed by atoms with Gasteiger partial charge in [-0.05, 0) is 38.0 Å². The number of phosphoric ester groups is 2. The topological polar surface area (TPSA) is 236 Å². The number of carbonyl (C=O) groups is 2. The molecule has 0 amide bonds. The molecule has 0 spiro atoms. The van der Waals surface area contributed by atoms with Crippen LogP contribution in [0.4, 0.5) is 0 Å². The molecule has 0 bridgehead atoms. The zero-order chi connectivity index (χ0) is 42.1. The van der Waals surface area contributed by atoms with E-state index in [9.17, 15) is 38.9 Å². The number of unbranched alkanes of at least 4 members (excludes halogenated alkanes) is 7. The number of esters is 2. The number of ether oxygens (including phenoxy) is 2. The zero-order valence-electron chi connectivity index (χ0n) is 33.6. The summed E-state index contributed by atoms with van der Waals surface area (Å²) in [4.78, 5) is 52.5. The van der Waals surface area contributed by atoms with E-state index in [0.717, 1.165) is 57.3 Å². The summed E-state index contributed by atoms with van der Waals surface area (Å²) in [7, 11) is -9.75. The molecule has 6 N–H and O–H groups in total. The Morgan fingerprint density at radius 3 is 1.77 bits per heavy atom. The first-order chi connectivity index (χ1) is 26.6. The van der Waals surface area contributed by atoms with E-state index in [1.54, 1.807) is 24.3 Å². The van der Waals surface area contributed by atoms with E-state index in [1.165, 1.54) is 19.3 Å². The molecule has 0 fully saturated rings. The summed E-state index contributed by atoms with van der Waals surface area (Å²) in [5, 5.41) is 29.9. The molecule has 0 heterocycles. The minimum absolute atomic E-state index is 0.118. The van der Waals surface area contributed by atoms with Gasteiger partial charge in [-0.15, -0.1) is 0 Å². The van der Waals surface area contributed by atoms with Gasteiger partial charge in [-0.25, -0.2) is 9.13 Å². The van der Waals surface area contributed by atoms with Crippen molar-refractivity contribution in [2.24, 2.45) is 5.92 Å². The molecular formula is C39H70O15P2. The van der Waals surface area contributed by atoms with Crippen LogP contribution in [-0.2, 0) is 41.8 Å². The van der Waals surface area contributed by atoms with Crippen molar-refractivity contribution in [3.8, 4) is 0 Å². The van der Waals surface area contributed by atoms with Crippen LogP contribution >= 0.6 is 15.6 Å². The number of carbonyl (C=O) groups excluding carboxylic acids is 2. The Labute approximate surface area is 334 Å². The van der Waals surface area contributed by atoms with Crippen LogP contribution in [0.25, 0.3) is 0 Å². The molecule has 0 aliphatic rings. The number of rotatable bonds is 36. The van der Waals surface area contributed by atoms with Gasteiger partial charge < -0.3 is 39.5 Å². The highest BCUT2D eigenvalue weighted by molar-refractivity contribution is 7.47. The molecular weight excluding hydrogens is 770 g/mol. The number of allylic oxidation sites excluding steroid dienone is 6. The third kappa shape index (κ3) is 36.3. The number of aliphatic hydroxyl groups is 3. The maximum atomic E-state index is 12.6. The fraction of sp³-hybridized carbons (Fsp3) is 0.744. The fourth-order valence-electron chi connectivity index (χ4n) is 4.95. The number of hydrogen-bond donors (Lipinski definition) is 6. The first kappa shape index (κ1) is 54.0. The van der Waals surface area contributed by atoms with Crippen LogP contribution < -0.4 is 0 Å². The monoisotopic (exact) mass is 840 g/mol. The molecule has 6 atom stereocenters. The van der Waals surface area contributed by atoms with E-state index in [1.807, 2.05) is 24.3 Å². The molecule has 17 heteroatoms. The van der Waals surface area contributed by atoms with Gasteiger partial charge in [0.2, 0.25) is 0 Å². The fourth-order valence-corrected chi connectivity index (χ4v) is 6.10. The lowest BCUT2D eigenvalue weighted by Gasteiger charge is -2.20. The van der Waals surface area contributed by atoms with Crippen molar-refractivity contribution in [2.75, 3.05) is 26.4 Å². The van der Waals surface area contributed by atoms with Crippen molar-refractivity contribution >= 4 is 27.6 Å². The molecule has 0 rings (SSSR count). The van der Waals surface area contributed by atoms with Crippen molar-refractivity contribution in [2.45, 2.75) is 154 Å². The lowest BCUT2D eigenvalue weighted by atomic mass is 10.00. The Morgan fingerprint density at radius 1 is 0.625 bits per heavy atom. The predicted molar refractivity (Wildman–Crippen MR) is 214 cm³/mol. The number of phosphoric acid groups is 2. The highest BCUT2D eigenvalue weighted by Crippen LogP contribution is 2.43. The van der Waals surface area contributed by atoms with E-state index >= 15 is 0 Å². The largest absolute Gasteiger partial charge is 0.472 e. The SMILES string of the molecule is CCCCC[C@@H](O)/C=C/C=C\C/C=C\C=C\[C@@H](O)CCCC(=O)O[C@H](COC(=O)CCCCCCCCC(C)CC)COP(=O)(O)OC[C@@H](O)COP(=O)(O)O. The highest BCUT2D eigenvalue weighted by Gasteiger charge is 2.28. The van der Waals surface area contributed by atoms with Gasteiger partial charge in [-0.1, -0.05) is 134 Å². The molecule has 0 aromatic rings. The summed E-state index contributed by atoms with van der Waals surface area (Å²) in [6.07, 6.45) is 23.5. The molecule has 0 aromatic heterocycles. The summed E-state index contributed by atoms with van der Waals surface area (Å²) in [5.74, 6) is -0.536. The van der Waals surface area contributed by atoms with Crippen LogP contribution in [0.1, 0.15) is 130 Å². The van der Waals surface area contributed by atoms with Gasteiger partial charge in [0.15, 0.2) is 6.10 Å². The Balaban J connectivity index is 4.83. The quantitative estimate of drug-likeness (QED) is 0.0157. The first-order valence-corrected chi connectivity index (χ1v) is 23.0. The van der Waals surface area contributed by atoms with Crippen LogP contribution in [0.3, 0.4) is 0 Å². The van der Waals surface area contributed by atoms with Crippen molar-refractivity contribution in [3.05, 3.63) is 48.6 Å². The maximum absolute atomic E-state index is 12.6. The zero-order valence-corrected chi connectivity index (χ0v) is 35.4. The normalized spacial score (nSPS) is 16.4. The summed E-state index contributed by atoms with van der Waals surface area (Å²) in [5.41, 5.74) is 0. The first-order valence-electron chi connectivity index (χ1n) is 19.9. The second-order valence-corrected chi connectivity index (χ2v) is 16.5. The van der Waals surface area contributed by atoms with E-state index in [4.69, 9.17) is 23.8 Å². The minimum atomic E-state index is -4.89. The average molecular weight is 841 g/mol. The average Bonchev–Trinajstić information content (AvgIpc) is 3.14. The predicted octanol–water partition coefficient (Wildman–Crippen LogP) is 7.30. The van der Waals surface area contributed by atoms with Crippen molar-refractivity contribution in [1.82, 2.24) is 0 Å². The van der Waals surface area contributed by atoms with Crippen LogP contribution in [0.2, 0.25) is 0 Å². The summed E-state index contributed by atoms with van der Waals surface area (Å²) < 4.78 is 47.4. The summed E-state index contributed by atoms with van der Waals surface area (Å²) in [6, 6.07) is 0. The van der Waals surface area contributed by atoms with Gasteiger partial charge in [-0.2, -0.15) is 0 Å². The van der Waals surface area contributed by atoms with Gasteiger partial charge in [-0.3, -0.25) is 23.2 Å². The molecule has 0 saturated carbocycles. The number of aliphatic hydroxyl groups excluding tert-OH is 3. The smallest absolute Gasteiger partial charge is 0.462 e. The van der Waals surface area contributed by atoms with E-state index in [0.29, 0.717) is 12.8 Å². The van der Waals surface area contributed by atoms with Gasteiger partial charge >= 0.3 is 27.6 Å². The van der Waals surface area contributed by atoms with Gasteiger partial charge in [0.1, 0.15) is 12.7 Å².